The largest absolute Gasteiger partial charge is 0.494 e. The number of aromatic nitrogens is 2. The predicted octanol–water partition coefficient (Wildman–Crippen LogP) is 2.70. The van der Waals surface area contributed by atoms with Crippen molar-refractivity contribution in [2.45, 2.75) is 26.8 Å². The molecule has 0 bridgehead atoms. The summed E-state index contributed by atoms with van der Waals surface area (Å²) in [7, 11) is 0. The maximum atomic E-state index is 12.2. The maximum absolute atomic E-state index is 12.2. The van der Waals surface area contributed by atoms with Gasteiger partial charge in [0.1, 0.15) is 5.75 Å². The average molecular weight is 288 g/mol. The fourth-order valence-corrected chi connectivity index (χ4v) is 1.89. The lowest BCUT2D eigenvalue weighted by atomic mass is 10.1. The zero-order valence-electron chi connectivity index (χ0n) is 12.5. The molecule has 0 aliphatic heterocycles. The molecule has 0 aliphatic carbocycles. The number of carbonyl (C=O) groups excluding carboxylic acids is 1. The Labute approximate surface area is 123 Å². The number of nitrogen functional groups attached to an aromatic ring is 1. The second-order valence-corrected chi connectivity index (χ2v) is 4.98. The van der Waals surface area contributed by atoms with Crippen LogP contribution in [0.1, 0.15) is 37.2 Å². The fraction of sp³-hybridized carbons (Fsp3) is 0.333. The van der Waals surface area contributed by atoms with E-state index in [0.717, 1.165) is 0 Å². The van der Waals surface area contributed by atoms with Crippen LogP contribution in [0.15, 0.2) is 30.6 Å². The highest BCUT2D eigenvalue weighted by atomic mass is 16.5. The van der Waals surface area contributed by atoms with Gasteiger partial charge in [-0.2, -0.15) is 5.10 Å². The van der Waals surface area contributed by atoms with E-state index >= 15 is 0 Å². The Morgan fingerprint density at radius 1 is 1.43 bits per heavy atom. The van der Waals surface area contributed by atoms with Crippen LogP contribution in [0, 0.1) is 0 Å². The molecule has 0 fully saturated rings. The Bertz CT molecular complexity index is 634. The lowest BCUT2D eigenvalue weighted by Gasteiger charge is -2.08. The molecule has 1 aromatic carbocycles. The normalized spacial score (nSPS) is 10.7. The van der Waals surface area contributed by atoms with E-state index in [1.54, 1.807) is 35.3 Å². The smallest absolute Gasteiger partial charge is 0.255 e. The monoisotopic (exact) mass is 288 g/mol. The number of nitrogens with zero attached hydrogens (tertiary/aromatic N) is 2. The number of carbonyl (C=O) groups is 1. The molecule has 0 aliphatic rings. The number of rotatable bonds is 5. The molecule has 2 rings (SSSR count). The van der Waals surface area contributed by atoms with Crippen molar-refractivity contribution in [2.24, 2.45) is 0 Å². The van der Waals surface area contributed by atoms with Gasteiger partial charge in [0.05, 0.1) is 18.5 Å². The van der Waals surface area contributed by atoms with Gasteiger partial charge in [0.15, 0.2) is 0 Å². The van der Waals surface area contributed by atoms with Crippen molar-refractivity contribution >= 4 is 17.3 Å². The number of ether oxygens (including phenoxy) is 1. The van der Waals surface area contributed by atoms with Crippen LogP contribution in [0.3, 0.4) is 0 Å². The Balaban J connectivity index is 2.15. The van der Waals surface area contributed by atoms with E-state index < -0.39 is 0 Å². The Hall–Kier alpha value is -2.50. The van der Waals surface area contributed by atoms with Crippen LogP contribution in [-0.2, 0) is 0 Å². The van der Waals surface area contributed by atoms with Gasteiger partial charge < -0.3 is 15.8 Å². The van der Waals surface area contributed by atoms with Gasteiger partial charge in [0.2, 0.25) is 0 Å². The molecule has 1 aromatic heterocycles. The summed E-state index contributed by atoms with van der Waals surface area (Å²) in [6, 6.07) is 5.22. The number of benzene rings is 1. The Morgan fingerprint density at radius 2 is 2.19 bits per heavy atom. The highest BCUT2D eigenvalue weighted by Gasteiger charge is 2.11. The third-order valence-electron chi connectivity index (χ3n) is 2.89. The van der Waals surface area contributed by atoms with Gasteiger partial charge in [-0.25, -0.2) is 0 Å². The van der Waals surface area contributed by atoms with Gasteiger partial charge in [0, 0.05) is 29.6 Å². The summed E-state index contributed by atoms with van der Waals surface area (Å²) in [5.74, 6) is 0.340. The summed E-state index contributed by atoms with van der Waals surface area (Å²) in [5, 5.41) is 6.98. The quantitative estimate of drug-likeness (QED) is 0.829. The molecular weight excluding hydrogens is 268 g/mol. The molecule has 0 atom stereocenters. The summed E-state index contributed by atoms with van der Waals surface area (Å²) in [6.45, 7) is 6.44. The molecule has 2 aromatic rings. The van der Waals surface area contributed by atoms with E-state index in [0.29, 0.717) is 29.3 Å². The average Bonchev–Trinajstić information content (AvgIpc) is 2.87. The molecule has 0 radical (unpaired) electrons. The number of anilines is 2. The topological polar surface area (TPSA) is 82.2 Å². The first-order chi connectivity index (χ1) is 9.99. The first-order valence-electron chi connectivity index (χ1n) is 6.88. The highest BCUT2D eigenvalue weighted by molar-refractivity contribution is 6.04. The Kier molecular flexibility index (Phi) is 4.47. The molecule has 6 nitrogen and oxygen atoms in total. The number of hydrogen-bond acceptors (Lipinski definition) is 4. The maximum Gasteiger partial charge on any atom is 0.255 e. The standard InChI is InChI=1S/C15H20N4O2/c1-4-21-14-6-11(5-12(16)7-14)15(20)18-13-8-17-19(9-13)10(2)3/h5-10H,4,16H2,1-3H3,(H,18,20). The molecular formula is C15H20N4O2. The molecule has 6 heteroatoms. The van der Waals surface area contributed by atoms with E-state index in [9.17, 15) is 4.79 Å². The van der Waals surface area contributed by atoms with Crippen molar-refractivity contribution in [3.63, 3.8) is 0 Å². The molecule has 112 valence electrons. The van der Waals surface area contributed by atoms with Crippen LogP contribution < -0.4 is 15.8 Å². The zero-order chi connectivity index (χ0) is 15.4. The summed E-state index contributed by atoms with van der Waals surface area (Å²) >= 11 is 0. The van der Waals surface area contributed by atoms with Crippen LogP contribution in [0.5, 0.6) is 5.75 Å². The van der Waals surface area contributed by atoms with Gasteiger partial charge in [-0.1, -0.05) is 0 Å². The molecule has 0 saturated heterocycles. The van der Waals surface area contributed by atoms with E-state index in [-0.39, 0.29) is 11.9 Å². The van der Waals surface area contributed by atoms with Crippen LogP contribution in [0.4, 0.5) is 11.4 Å². The third kappa shape index (κ3) is 3.75. The molecule has 3 N–H and O–H groups in total. The number of amides is 1. The van der Waals surface area contributed by atoms with Crippen LogP contribution in [0.25, 0.3) is 0 Å². The van der Waals surface area contributed by atoms with Crippen molar-refractivity contribution in [1.82, 2.24) is 9.78 Å². The van der Waals surface area contributed by atoms with Gasteiger partial charge in [-0.3, -0.25) is 9.48 Å². The molecule has 1 heterocycles. The van der Waals surface area contributed by atoms with Gasteiger partial charge >= 0.3 is 0 Å². The van der Waals surface area contributed by atoms with Crippen LogP contribution in [-0.4, -0.2) is 22.3 Å². The molecule has 0 saturated carbocycles. The molecule has 21 heavy (non-hydrogen) atoms. The zero-order valence-corrected chi connectivity index (χ0v) is 12.5. The highest BCUT2D eigenvalue weighted by Crippen LogP contribution is 2.20. The fourth-order valence-electron chi connectivity index (χ4n) is 1.89. The Morgan fingerprint density at radius 3 is 2.81 bits per heavy atom. The summed E-state index contributed by atoms with van der Waals surface area (Å²) in [6.07, 6.45) is 3.41. The molecule has 0 unspecified atom stereocenters. The summed E-state index contributed by atoms with van der Waals surface area (Å²) in [5.41, 5.74) is 7.38. The van der Waals surface area contributed by atoms with Crippen molar-refractivity contribution in [3.05, 3.63) is 36.2 Å². The van der Waals surface area contributed by atoms with Crippen LogP contribution >= 0.6 is 0 Å². The lowest BCUT2D eigenvalue weighted by molar-refractivity contribution is 0.102. The molecule has 1 amide bonds. The predicted molar refractivity (Wildman–Crippen MR) is 82.6 cm³/mol. The number of nitrogens with one attached hydrogen (secondary N) is 1. The number of hydrogen-bond donors (Lipinski definition) is 2. The lowest BCUT2D eigenvalue weighted by Crippen LogP contribution is -2.12. The minimum atomic E-state index is -0.244. The van der Waals surface area contributed by atoms with E-state index in [4.69, 9.17) is 10.5 Å². The molecule has 0 spiro atoms. The minimum absolute atomic E-state index is 0.243. The van der Waals surface area contributed by atoms with Gasteiger partial charge in [0.25, 0.3) is 5.91 Å². The van der Waals surface area contributed by atoms with Crippen molar-refractivity contribution in [1.29, 1.82) is 0 Å². The van der Waals surface area contributed by atoms with E-state index in [2.05, 4.69) is 10.4 Å². The van der Waals surface area contributed by atoms with Crippen molar-refractivity contribution in [2.75, 3.05) is 17.7 Å². The van der Waals surface area contributed by atoms with Gasteiger partial charge in [-0.05, 0) is 32.9 Å². The van der Waals surface area contributed by atoms with E-state index in [1.807, 2.05) is 20.8 Å². The van der Waals surface area contributed by atoms with Crippen molar-refractivity contribution in [3.8, 4) is 5.75 Å². The third-order valence-corrected chi connectivity index (χ3v) is 2.89. The number of nitrogens with two attached hydrogens (primary N) is 1. The first-order valence-corrected chi connectivity index (χ1v) is 6.88. The van der Waals surface area contributed by atoms with Crippen molar-refractivity contribution < 1.29 is 9.53 Å². The van der Waals surface area contributed by atoms with Gasteiger partial charge in [-0.15, -0.1) is 0 Å². The summed E-state index contributed by atoms with van der Waals surface area (Å²) in [4.78, 5) is 12.2. The SMILES string of the molecule is CCOc1cc(N)cc(C(=O)Nc2cnn(C(C)C)c2)c1. The second-order valence-electron chi connectivity index (χ2n) is 4.98. The second kappa shape index (κ2) is 6.30. The summed E-state index contributed by atoms with van der Waals surface area (Å²) < 4.78 is 7.17. The first kappa shape index (κ1) is 14.9. The van der Waals surface area contributed by atoms with Crippen LogP contribution in [0.2, 0.25) is 0 Å². The minimum Gasteiger partial charge on any atom is -0.494 e. The van der Waals surface area contributed by atoms with E-state index in [1.165, 1.54) is 0 Å².